The summed E-state index contributed by atoms with van der Waals surface area (Å²) in [7, 11) is 0. The highest BCUT2D eigenvalue weighted by atomic mass is 32.2. The molecule has 0 atom stereocenters. The third-order valence-electron chi connectivity index (χ3n) is 1.49. The van der Waals surface area contributed by atoms with Gasteiger partial charge in [-0.15, -0.1) is 23.1 Å². The Labute approximate surface area is 90.1 Å². The van der Waals surface area contributed by atoms with Crippen molar-refractivity contribution in [2.75, 3.05) is 11.5 Å². The molecule has 1 aromatic heterocycles. The molecule has 14 heavy (non-hydrogen) atoms. The summed E-state index contributed by atoms with van der Waals surface area (Å²) in [5.74, 6) is -0.0998. The van der Waals surface area contributed by atoms with Crippen molar-refractivity contribution in [2.45, 2.75) is 6.42 Å². The topological polar surface area (TPSA) is 54.4 Å². The zero-order valence-electron chi connectivity index (χ0n) is 7.43. The van der Waals surface area contributed by atoms with Crippen molar-refractivity contribution in [3.05, 3.63) is 22.4 Å². The van der Waals surface area contributed by atoms with Gasteiger partial charge in [-0.05, 0) is 11.4 Å². The predicted molar refractivity (Wildman–Crippen MR) is 58.2 cm³/mol. The van der Waals surface area contributed by atoms with Crippen molar-refractivity contribution in [1.82, 2.24) is 0 Å². The van der Waals surface area contributed by atoms with Crippen molar-refractivity contribution >= 4 is 34.9 Å². The molecule has 0 aromatic carbocycles. The molecule has 5 heteroatoms. The Morgan fingerprint density at radius 2 is 2.29 bits per heavy atom. The average Bonchev–Trinajstić information content (AvgIpc) is 2.64. The van der Waals surface area contributed by atoms with E-state index in [1.54, 1.807) is 6.07 Å². The number of carboxylic acids is 1. The van der Waals surface area contributed by atoms with Crippen LogP contribution in [0, 0.1) is 0 Å². The molecule has 76 valence electrons. The number of ketones is 1. The van der Waals surface area contributed by atoms with Crippen LogP contribution in [-0.2, 0) is 4.79 Å². The molecule has 0 amide bonds. The minimum absolute atomic E-state index is 0.0672. The van der Waals surface area contributed by atoms with Crippen LogP contribution in [-0.4, -0.2) is 28.4 Å². The second kappa shape index (κ2) is 5.82. The molecule has 0 radical (unpaired) electrons. The molecule has 0 spiro atoms. The van der Waals surface area contributed by atoms with E-state index in [1.165, 1.54) is 23.1 Å². The number of hydrogen-bond donors (Lipinski definition) is 1. The molecule has 0 saturated carbocycles. The van der Waals surface area contributed by atoms with Gasteiger partial charge in [0.15, 0.2) is 5.78 Å². The number of carbonyl (C=O) groups excluding carboxylic acids is 1. The van der Waals surface area contributed by atoms with Crippen LogP contribution in [0.2, 0.25) is 0 Å². The van der Waals surface area contributed by atoms with Gasteiger partial charge < -0.3 is 5.11 Å². The first kappa shape index (κ1) is 11.3. The molecule has 1 rings (SSSR count). The lowest BCUT2D eigenvalue weighted by Crippen LogP contribution is -2.02. The summed E-state index contributed by atoms with van der Waals surface area (Å²) in [6.45, 7) is 0. The molecule has 1 N–H and O–H groups in total. The fourth-order valence-electron chi connectivity index (χ4n) is 0.885. The van der Waals surface area contributed by atoms with E-state index in [0.717, 1.165) is 4.88 Å². The van der Waals surface area contributed by atoms with E-state index in [-0.39, 0.29) is 11.5 Å². The van der Waals surface area contributed by atoms with Gasteiger partial charge in [-0.3, -0.25) is 9.59 Å². The smallest absolute Gasteiger partial charge is 0.313 e. The molecule has 0 fully saturated rings. The van der Waals surface area contributed by atoms with Crippen molar-refractivity contribution in [1.29, 1.82) is 0 Å². The number of rotatable bonds is 6. The van der Waals surface area contributed by atoms with Crippen LogP contribution in [0.1, 0.15) is 16.1 Å². The zero-order chi connectivity index (χ0) is 10.4. The molecular weight excluding hydrogens is 220 g/mol. The number of carboxylic acid groups (broad SMARTS) is 1. The molecule has 0 aliphatic carbocycles. The van der Waals surface area contributed by atoms with Crippen LogP contribution >= 0.6 is 23.1 Å². The van der Waals surface area contributed by atoms with Gasteiger partial charge in [-0.2, -0.15) is 0 Å². The second-order valence-corrected chi connectivity index (χ2v) is 4.65. The minimum Gasteiger partial charge on any atom is -0.481 e. The van der Waals surface area contributed by atoms with E-state index in [9.17, 15) is 9.59 Å². The van der Waals surface area contributed by atoms with Crippen LogP contribution < -0.4 is 0 Å². The van der Waals surface area contributed by atoms with E-state index in [1.807, 2.05) is 11.4 Å². The summed E-state index contributed by atoms with van der Waals surface area (Å²) in [6.07, 6.45) is 0.415. The summed E-state index contributed by atoms with van der Waals surface area (Å²) < 4.78 is 0. The molecule has 3 nitrogen and oxygen atoms in total. The number of thioether (sulfide) groups is 1. The Morgan fingerprint density at radius 1 is 1.50 bits per heavy atom. The van der Waals surface area contributed by atoms with E-state index < -0.39 is 5.97 Å². The van der Waals surface area contributed by atoms with Gasteiger partial charge in [0.25, 0.3) is 0 Å². The highest BCUT2D eigenvalue weighted by molar-refractivity contribution is 7.99. The Kier molecular flexibility index (Phi) is 4.69. The summed E-state index contributed by atoms with van der Waals surface area (Å²) in [5.41, 5.74) is 0. The van der Waals surface area contributed by atoms with Crippen molar-refractivity contribution in [3.63, 3.8) is 0 Å². The highest BCUT2D eigenvalue weighted by Gasteiger charge is 2.06. The second-order valence-electron chi connectivity index (χ2n) is 2.60. The van der Waals surface area contributed by atoms with E-state index in [2.05, 4.69) is 0 Å². The maximum Gasteiger partial charge on any atom is 0.313 e. The van der Waals surface area contributed by atoms with Gasteiger partial charge in [0.05, 0.1) is 10.6 Å². The molecule has 1 heterocycles. The first-order chi connectivity index (χ1) is 6.70. The highest BCUT2D eigenvalue weighted by Crippen LogP contribution is 2.13. The molecule has 0 aliphatic heterocycles. The average molecular weight is 230 g/mol. The number of carbonyl (C=O) groups is 2. The number of aliphatic carboxylic acids is 1. The zero-order valence-corrected chi connectivity index (χ0v) is 9.07. The normalized spacial score (nSPS) is 10.0. The summed E-state index contributed by atoms with van der Waals surface area (Å²) >= 11 is 2.69. The summed E-state index contributed by atoms with van der Waals surface area (Å²) in [5, 5.41) is 10.2. The van der Waals surface area contributed by atoms with Gasteiger partial charge in [0, 0.05) is 12.2 Å². The third kappa shape index (κ3) is 3.93. The first-order valence-corrected chi connectivity index (χ1v) is 6.10. The van der Waals surface area contributed by atoms with Gasteiger partial charge >= 0.3 is 5.97 Å². The van der Waals surface area contributed by atoms with Crippen LogP contribution in [0.25, 0.3) is 0 Å². The lowest BCUT2D eigenvalue weighted by Gasteiger charge is -1.96. The molecule has 0 saturated heterocycles. The molecule has 0 aliphatic rings. The largest absolute Gasteiger partial charge is 0.481 e. The van der Waals surface area contributed by atoms with Crippen LogP contribution in [0.4, 0.5) is 0 Å². The number of hydrogen-bond acceptors (Lipinski definition) is 4. The quantitative estimate of drug-likeness (QED) is 0.601. The standard InChI is InChI=1S/C9H10O3S2/c10-7(8-2-1-4-14-8)3-5-13-6-9(11)12/h1-2,4H,3,5-6H2,(H,11,12). The number of thiophene rings is 1. The van der Waals surface area contributed by atoms with Gasteiger partial charge in [0.1, 0.15) is 0 Å². The monoisotopic (exact) mass is 230 g/mol. The molecule has 0 unspecified atom stereocenters. The maximum absolute atomic E-state index is 11.4. The lowest BCUT2D eigenvalue weighted by atomic mass is 10.3. The fourth-order valence-corrected chi connectivity index (χ4v) is 2.23. The molecular formula is C9H10O3S2. The minimum atomic E-state index is -0.835. The maximum atomic E-state index is 11.4. The van der Waals surface area contributed by atoms with Crippen molar-refractivity contribution < 1.29 is 14.7 Å². The fraction of sp³-hybridized carbons (Fsp3) is 0.333. The number of Topliss-reactive ketones (excluding diaryl/α,β-unsaturated/α-hetero) is 1. The Morgan fingerprint density at radius 3 is 2.86 bits per heavy atom. The van der Waals surface area contributed by atoms with Crippen LogP contribution in [0.3, 0.4) is 0 Å². The van der Waals surface area contributed by atoms with Crippen LogP contribution in [0.15, 0.2) is 17.5 Å². The first-order valence-electron chi connectivity index (χ1n) is 4.06. The molecule has 0 bridgehead atoms. The summed E-state index contributed by atoms with van der Waals surface area (Å²) in [4.78, 5) is 22.3. The van der Waals surface area contributed by atoms with Crippen molar-refractivity contribution in [2.24, 2.45) is 0 Å². The lowest BCUT2D eigenvalue weighted by molar-refractivity contribution is -0.133. The van der Waals surface area contributed by atoms with Gasteiger partial charge in [-0.1, -0.05) is 6.07 Å². The van der Waals surface area contributed by atoms with E-state index in [4.69, 9.17) is 5.11 Å². The van der Waals surface area contributed by atoms with E-state index >= 15 is 0 Å². The Balaban J connectivity index is 2.19. The van der Waals surface area contributed by atoms with Crippen LogP contribution in [0.5, 0.6) is 0 Å². The van der Waals surface area contributed by atoms with Gasteiger partial charge in [-0.25, -0.2) is 0 Å². The van der Waals surface area contributed by atoms with Gasteiger partial charge in [0.2, 0.25) is 0 Å². The third-order valence-corrected chi connectivity index (χ3v) is 3.35. The van der Waals surface area contributed by atoms with E-state index in [0.29, 0.717) is 12.2 Å². The SMILES string of the molecule is O=C(O)CSCCC(=O)c1cccs1. The van der Waals surface area contributed by atoms with Crippen molar-refractivity contribution in [3.8, 4) is 0 Å². The predicted octanol–water partition coefficient (Wildman–Crippen LogP) is 2.14. The summed E-state index contributed by atoms with van der Waals surface area (Å²) in [6, 6.07) is 3.62. The Bertz CT molecular complexity index is 306. The Hall–Kier alpha value is -0.810. The molecule has 1 aromatic rings.